The second-order valence-corrected chi connectivity index (χ2v) is 7.66. The Hall–Kier alpha value is -1.07. The molecule has 0 radical (unpaired) electrons. The van der Waals surface area contributed by atoms with Crippen molar-refractivity contribution in [3.05, 3.63) is 22.8 Å². The molecule has 1 aliphatic rings. The van der Waals surface area contributed by atoms with E-state index in [4.69, 9.17) is 4.74 Å². The fourth-order valence-corrected chi connectivity index (χ4v) is 3.40. The predicted molar refractivity (Wildman–Crippen MR) is 88.8 cm³/mol. The Bertz CT molecular complexity index is 653. The standard InChI is InChI=1S/C16H22BrN3O/c1-16(2,3)19-7-11(8-19)9-20-10-12-14(18-20)6-5-13(17)15(12)21-4/h5-6,10-11H,7-9H2,1-4H3. The fourth-order valence-electron chi connectivity index (χ4n) is 2.89. The first-order valence-corrected chi connectivity index (χ1v) is 8.12. The average Bonchev–Trinajstić information content (AvgIpc) is 2.74. The highest BCUT2D eigenvalue weighted by molar-refractivity contribution is 9.10. The van der Waals surface area contributed by atoms with Crippen LogP contribution < -0.4 is 4.74 Å². The minimum Gasteiger partial charge on any atom is -0.495 e. The number of rotatable bonds is 3. The highest BCUT2D eigenvalue weighted by Crippen LogP contribution is 2.33. The molecule has 3 rings (SSSR count). The van der Waals surface area contributed by atoms with Gasteiger partial charge in [-0.25, -0.2) is 0 Å². The highest BCUT2D eigenvalue weighted by Gasteiger charge is 2.34. The van der Waals surface area contributed by atoms with Gasteiger partial charge in [-0.15, -0.1) is 0 Å². The normalized spacial score (nSPS) is 17.2. The van der Waals surface area contributed by atoms with Crippen molar-refractivity contribution >= 4 is 26.8 Å². The van der Waals surface area contributed by atoms with E-state index in [2.05, 4.69) is 57.6 Å². The maximum Gasteiger partial charge on any atom is 0.144 e. The van der Waals surface area contributed by atoms with Crippen molar-refractivity contribution in [2.45, 2.75) is 32.9 Å². The van der Waals surface area contributed by atoms with Gasteiger partial charge in [0.25, 0.3) is 0 Å². The van der Waals surface area contributed by atoms with Crippen LogP contribution in [0.2, 0.25) is 0 Å². The summed E-state index contributed by atoms with van der Waals surface area (Å²) >= 11 is 3.52. The maximum absolute atomic E-state index is 5.47. The van der Waals surface area contributed by atoms with Crippen molar-refractivity contribution in [3.8, 4) is 5.75 Å². The molecule has 0 amide bonds. The number of fused-ring (bicyclic) bond motifs is 1. The number of ether oxygens (including phenoxy) is 1. The van der Waals surface area contributed by atoms with Crippen molar-refractivity contribution in [1.82, 2.24) is 14.7 Å². The lowest BCUT2D eigenvalue weighted by molar-refractivity contribution is 0.00547. The number of nitrogens with zero attached hydrogens (tertiary/aromatic N) is 3. The third-order valence-corrected chi connectivity index (χ3v) is 4.82. The van der Waals surface area contributed by atoms with E-state index in [9.17, 15) is 0 Å². The fraction of sp³-hybridized carbons (Fsp3) is 0.562. The van der Waals surface area contributed by atoms with Crippen LogP contribution in [0.4, 0.5) is 0 Å². The molecular formula is C16H22BrN3O. The van der Waals surface area contributed by atoms with Crippen LogP contribution in [-0.2, 0) is 6.54 Å². The smallest absolute Gasteiger partial charge is 0.144 e. The second kappa shape index (κ2) is 5.29. The van der Waals surface area contributed by atoms with Gasteiger partial charge in [0.2, 0.25) is 0 Å². The van der Waals surface area contributed by atoms with E-state index in [1.54, 1.807) is 7.11 Å². The van der Waals surface area contributed by atoms with Gasteiger partial charge in [0.05, 0.1) is 22.5 Å². The van der Waals surface area contributed by atoms with Gasteiger partial charge in [0, 0.05) is 37.3 Å². The van der Waals surface area contributed by atoms with E-state index in [0.717, 1.165) is 40.8 Å². The third kappa shape index (κ3) is 2.81. The molecule has 21 heavy (non-hydrogen) atoms. The molecule has 0 unspecified atom stereocenters. The largest absolute Gasteiger partial charge is 0.495 e. The summed E-state index contributed by atoms with van der Waals surface area (Å²) in [4.78, 5) is 2.51. The summed E-state index contributed by atoms with van der Waals surface area (Å²) in [7, 11) is 1.70. The van der Waals surface area contributed by atoms with Gasteiger partial charge in [-0.2, -0.15) is 5.10 Å². The summed E-state index contributed by atoms with van der Waals surface area (Å²) in [6.45, 7) is 10.1. The minimum absolute atomic E-state index is 0.277. The number of aromatic nitrogens is 2. The van der Waals surface area contributed by atoms with Crippen molar-refractivity contribution in [1.29, 1.82) is 0 Å². The molecule has 114 valence electrons. The van der Waals surface area contributed by atoms with Crippen molar-refractivity contribution in [2.24, 2.45) is 5.92 Å². The minimum atomic E-state index is 0.277. The zero-order chi connectivity index (χ0) is 15.2. The number of likely N-dealkylation sites (tertiary alicyclic amines) is 1. The topological polar surface area (TPSA) is 30.3 Å². The lowest BCUT2D eigenvalue weighted by atomic mass is 9.92. The van der Waals surface area contributed by atoms with Crippen molar-refractivity contribution in [3.63, 3.8) is 0 Å². The van der Waals surface area contributed by atoms with Crippen LogP contribution in [0.1, 0.15) is 20.8 Å². The average molecular weight is 352 g/mol. The van der Waals surface area contributed by atoms with Crippen LogP contribution >= 0.6 is 15.9 Å². The molecule has 0 saturated carbocycles. The molecule has 0 N–H and O–H groups in total. The van der Waals surface area contributed by atoms with Crippen LogP contribution in [0.15, 0.2) is 22.8 Å². The summed E-state index contributed by atoms with van der Waals surface area (Å²) in [5, 5.41) is 5.74. The Balaban J connectivity index is 1.75. The van der Waals surface area contributed by atoms with E-state index >= 15 is 0 Å². The SMILES string of the molecule is COc1c(Br)ccc2nn(CC3CN(C(C)(C)C)C3)cc12. The molecule has 1 aromatic carbocycles. The molecular weight excluding hydrogens is 330 g/mol. The Morgan fingerprint density at radius 2 is 2.05 bits per heavy atom. The van der Waals surface area contributed by atoms with Crippen LogP contribution in [0.3, 0.4) is 0 Å². The molecule has 0 bridgehead atoms. The summed E-state index contributed by atoms with van der Waals surface area (Å²) in [6.07, 6.45) is 2.10. The molecule has 0 aliphatic carbocycles. The molecule has 0 spiro atoms. The predicted octanol–water partition coefficient (Wildman–Crippen LogP) is 3.54. The second-order valence-electron chi connectivity index (χ2n) is 6.81. The zero-order valence-corrected chi connectivity index (χ0v) is 14.6. The van der Waals surface area contributed by atoms with Crippen LogP contribution in [0.25, 0.3) is 10.9 Å². The van der Waals surface area contributed by atoms with Crippen molar-refractivity contribution in [2.75, 3.05) is 20.2 Å². The van der Waals surface area contributed by atoms with Gasteiger partial charge in [-0.1, -0.05) is 0 Å². The number of hydrogen-bond donors (Lipinski definition) is 0. The van der Waals surface area contributed by atoms with E-state index in [0.29, 0.717) is 5.92 Å². The molecule has 1 saturated heterocycles. The summed E-state index contributed by atoms with van der Waals surface area (Å²) < 4.78 is 8.50. The van der Waals surface area contributed by atoms with E-state index in [1.807, 2.05) is 12.1 Å². The van der Waals surface area contributed by atoms with E-state index < -0.39 is 0 Å². The quantitative estimate of drug-likeness (QED) is 0.847. The first kappa shape index (κ1) is 14.9. The third-order valence-electron chi connectivity index (χ3n) is 4.19. The molecule has 4 nitrogen and oxygen atoms in total. The summed E-state index contributed by atoms with van der Waals surface area (Å²) in [5.74, 6) is 1.55. The van der Waals surface area contributed by atoms with Crippen molar-refractivity contribution < 1.29 is 4.74 Å². The number of halogens is 1. The maximum atomic E-state index is 5.47. The number of hydrogen-bond acceptors (Lipinski definition) is 3. The number of benzene rings is 1. The Morgan fingerprint density at radius 3 is 2.67 bits per heavy atom. The van der Waals surface area contributed by atoms with Gasteiger partial charge < -0.3 is 4.74 Å². The van der Waals surface area contributed by atoms with Gasteiger partial charge in [-0.3, -0.25) is 9.58 Å². The van der Waals surface area contributed by atoms with Crippen LogP contribution in [-0.4, -0.2) is 40.4 Å². The Morgan fingerprint density at radius 1 is 1.33 bits per heavy atom. The van der Waals surface area contributed by atoms with Gasteiger partial charge in [0.1, 0.15) is 5.75 Å². The highest BCUT2D eigenvalue weighted by atomic mass is 79.9. The molecule has 2 heterocycles. The van der Waals surface area contributed by atoms with E-state index in [1.165, 1.54) is 0 Å². The monoisotopic (exact) mass is 351 g/mol. The van der Waals surface area contributed by atoms with Gasteiger partial charge in [0.15, 0.2) is 0 Å². The molecule has 5 heteroatoms. The lowest BCUT2D eigenvalue weighted by Crippen LogP contribution is -2.56. The molecule has 1 aromatic heterocycles. The molecule has 1 aliphatic heterocycles. The van der Waals surface area contributed by atoms with Gasteiger partial charge >= 0.3 is 0 Å². The molecule has 0 atom stereocenters. The van der Waals surface area contributed by atoms with Gasteiger partial charge in [-0.05, 0) is 48.8 Å². The van der Waals surface area contributed by atoms with Crippen LogP contribution in [0.5, 0.6) is 5.75 Å². The lowest BCUT2D eigenvalue weighted by Gasteiger charge is -2.47. The van der Waals surface area contributed by atoms with E-state index in [-0.39, 0.29) is 5.54 Å². The summed E-state index contributed by atoms with van der Waals surface area (Å²) in [5.41, 5.74) is 1.27. The first-order valence-electron chi connectivity index (χ1n) is 7.33. The summed E-state index contributed by atoms with van der Waals surface area (Å²) in [6, 6.07) is 4.02. The van der Waals surface area contributed by atoms with Crippen LogP contribution in [0, 0.1) is 5.92 Å². The molecule has 2 aromatic rings. The Labute approximate surface area is 134 Å². The number of methoxy groups -OCH3 is 1. The molecule has 1 fully saturated rings. The first-order chi connectivity index (χ1) is 9.88. The Kier molecular flexibility index (Phi) is 3.74. The zero-order valence-electron chi connectivity index (χ0n) is 13.1.